The zero-order valence-corrected chi connectivity index (χ0v) is 11.7. The summed E-state index contributed by atoms with van der Waals surface area (Å²) in [6.07, 6.45) is 2.56. The van der Waals surface area contributed by atoms with Gasteiger partial charge in [-0.1, -0.05) is 0 Å². The van der Waals surface area contributed by atoms with E-state index < -0.39 is 10.0 Å². The van der Waals surface area contributed by atoms with Gasteiger partial charge in [0.1, 0.15) is 4.90 Å². The average molecular weight is 298 g/mol. The van der Waals surface area contributed by atoms with Gasteiger partial charge in [-0.05, 0) is 18.2 Å². The largest absolute Gasteiger partial charge is 0.398 e. The molecule has 0 saturated heterocycles. The number of sulfonamides is 1. The fraction of sp³-hybridized carbons (Fsp3) is 0.182. The van der Waals surface area contributed by atoms with Crippen molar-refractivity contribution in [1.29, 1.82) is 0 Å². The summed E-state index contributed by atoms with van der Waals surface area (Å²) < 4.78 is 22.4. The Morgan fingerprint density at radius 2 is 2.16 bits per heavy atom. The lowest BCUT2D eigenvalue weighted by molar-refractivity contribution is 0.598. The first kappa shape index (κ1) is 13.8. The smallest absolute Gasteiger partial charge is 0.240 e. The topological polar surface area (TPSA) is 111 Å². The first-order chi connectivity index (χ1) is 8.97. The molecule has 0 spiro atoms. The van der Waals surface area contributed by atoms with Crippen molar-refractivity contribution in [2.45, 2.75) is 11.3 Å². The van der Waals surface area contributed by atoms with Crippen molar-refractivity contribution in [3.05, 3.63) is 34.8 Å². The second-order valence-electron chi connectivity index (χ2n) is 3.90. The monoisotopic (exact) mass is 298 g/mol. The molecule has 2 aromatic rings. The first-order valence-corrected chi connectivity index (χ1v) is 7.94. The number of nitrogen functional groups attached to an aromatic ring is 1. The molecule has 1 aromatic carbocycles. The van der Waals surface area contributed by atoms with Crippen molar-refractivity contribution >= 4 is 32.7 Å². The highest BCUT2D eigenvalue weighted by molar-refractivity contribution is 7.89. The molecule has 0 amide bonds. The molecular weight excluding hydrogens is 284 g/mol. The average Bonchev–Trinajstić information content (AvgIpc) is 2.80. The van der Waals surface area contributed by atoms with Crippen LogP contribution in [-0.2, 0) is 16.4 Å². The third-order valence-corrected chi connectivity index (χ3v) is 4.29. The summed E-state index contributed by atoms with van der Waals surface area (Å²) in [7, 11) is -3.77. The molecule has 1 heterocycles. The van der Waals surface area contributed by atoms with Gasteiger partial charge in [-0.2, -0.15) is 0 Å². The molecule has 0 fully saturated rings. The van der Waals surface area contributed by atoms with Crippen molar-refractivity contribution in [2.24, 2.45) is 5.14 Å². The molecule has 0 bridgehead atoms. The van der Waals surface area contributed by atoms with Crippen molar-refractivity contribution in [3.8, 4) is 0 Å². The fourth-order valence-corrected chi connectivity index (χ4v) is 2.87. The second-order valence-corrected chi connectivity index (χ2v) is 6.41. The zero-order chi connectivity index (χ0) is 13.9. The van der Waals surface area contributed by atoms with E-state index in [-0.39, 0.29) is 10.6 Å². The summed E-state index contributed by atoms with van der Waals surface area (Å²) in [4.78, 5) is 4.11. The maximum Gasteiger partial charge on any atom is 0.240 e. The lowest BCUT2D eigenvalue weighted by Crippen LogP contribution is -2.14. The molecule has 19 heavy (non-hydrogen) atoms. The SMILES string of the molecule is Nc1cc(NCCc2nccs2)ccc1S(N)(=O)=O. The normalized spacial score (nSPS) is 11.4. The van der Waals surface area contributed by atoms with E-state index in [0.29, 0.717) is 6.54 Å². The van der Waals surface area contributed by atoms with E-state index in [2.05, 4.69) is 10.3 Å². The standard InChI is InChI=1S/C11H14N4O2S2/c12-9-7-8(1-2-10(9)19(13,16)17)14-4-3-11-15-5-6-18-11/h1-2,5-7,14H,3-4,12H2,(H2,13,16,17). The van der Waals surface area contributed by atoms with Crippen LogP contribution in [0.15, 0.2) is 34.7 Å². The van der Waals surface area contributed by atoms with E-state index in [1.165, 1.54) is 6.07 Å². The Kier molecular flexibility index (Phi) is 4.03. The van der Waals surface area contributed by atoms with Crippen LogP contribution in [0.1, 0.15) is 5.01 Å². The van der Waals surface area contributed by atoms with Gasteiger partial charge in [0.15, 0.2) is 0 Å². The maximum absolute atomic E-state index is 11.2. The maximum atomic E-state index is 11.2. The van der Waals surface area contributed by atoms with E-state index in [0.717, 1.165) is 17.1 Å². The summed E-state index contributed by atoms with van der Waals surface area (Å²) in [5.41, 5.74) is 6.56. The van der Waals surface area contributed by atoms with Gasteiger partial charge in [0.05, 0.1) is 10.7 Å². The Hall–Kier alpha value is -1.64. The highest BCUT2D eigenvalue weighted by Crippen LogP contribution is 2.21. The zero-order valence-electron chi connectivity index (χ0n) is 10.0. The van der Waals surface area contributed by atoms with Crippen LogP contribution >= 0.6 is 11.3 Å². The van der Waals surface area contributed by atoms with Crippen LogP contribution < -0.4 is 16.2 Å². The number of primary sulfonamides is 1. The van der Waals surface area contributed by atoms with Gasteiger partial charge < -0.3 is 11.1 Å². The molecule has 0 saturated carbocycles. The molecule has 0 aliphatic carbocycles. The molecule has 102 valence electrons. The van der Waals surface area contributed by atoms with Gasteiger partial charge in [0.25, 0.3) is 0 Å². The Bertz CT molecular complexity index is 653. The summed E-state index contributed by atoms with van der Waals surface area (Å²) in [6, 6.07) is 4.59. The number of hydrogen-bond acceptors (Lipinski definition) is 6. The van der Waals surface area contributed by atoms with Gasteiger partial charge in [0, 0.05) is 30.2 Å². The minimum atomic E-state index is -3.77. The molecule has 0 aliphatic rings. The van der Waals surface area contributed by atoms with Crippen LogP contribution in [-0.4, -0.2) is 19.9 Å². The summed E-state index contributed by atoms with van der Waals surface area (Å²) in [5.74, 6) is 0. The van der Waals surface area contributed by atoms with Gasteiger partial charge in [-0.25, -0.2) is 18.5 Å². The Morgan fingerprint density at radius 3 is 2.74 bits per heavy atom. The number of anilines is 2. The minimum absolute atomic E-state index is 0.0574. The first-order valence-electron chi connectivity index (χ1n) is 5.51. The predicted octanol–water partition coefficient (Wildman–Crippen LogP) is 1.03. The molecule has 5 N–H and O–H groups in total. The van der Waals surface area contributed by atoms with Crippen LogP contribution in [0, 0.1) is 0 Å². The van der Waals surface area contributed by atoms with Crippen molar-refractivity contribution < 1.29 is 8.42 Å². The van der Waals surface area contributed by atoms with Crippen LogP contribution in [0.3, 0.4) is 0 Å². The number of nitrogens with two attached hydrogens (primary N) is 2. The quantitative estimate of drug-likeness (QED) is 0.714. The molecule has 0 unspecified atom stereocenters. The van der Waals surface area contributed by atoms with Gasteiger partial charge in [0.2, 0.25) is 10.0 Å². The lowest BCUT2D eigenvalue weighted by Gasteiger charge is -2.08. The summed E-state index contributed by atoms with van der Waals surface area (Å²) >= 11 is 1.60. The fourth-order valence-electron chi connectivity index (χ4n) is 1.61. The van der Waals surface area contributed by atoms with Crippen molar-refractivity contribution in [3.63, 3.8) is 0 Å². The number of nitrogens with zero attached hydrogens (tertiary/aromatic N) is 1. The Balaban J connectivity index is 2.00. The minimum Gasteiger partial charge on any atom is -0.398 e. The Labute approximate surface area is 115 Å². The molecule has 1 aromatic heterocycles. The molecule has 8 heteroatoms. The number of benzene rings is 1. The van der Waals surface area contributed by atoms with Crippen molar-refractivity contribution in [2.75, 3.05) is 17.6 Å². The lowest BCUT2D eigenvalue weighted by atomic mass is 10.2. The van der Waals surface area contributed by atoms with Gasteiger partial charge in [-0.3, -0.25) is 0 Å². The molecule has 6 nitrogen and oxygen atoms in total. The summed E-state index contributed by atoms with van der Waals surface area (Å²) in [6.45, 7) is 0.696. The Morgan fingerprint density at radius 1 is 1.37 bits per heavy atom. The van der Waals surface area contributed by atoms with Crippen molar-refractivity contribution in [1.82, 2.24) is 4.98 Å². The van der Waals surface area contributed by atoms with Gasteiger partial charge in [-0.15, -0.1) is 11.3 Å². The van der Waals surface area contributed by atoms with E-state index in [1.54, 1.807) is 29.7 Å². The van der Waals surface area contributed by atoms with Crippen LogP contribution in [0.2, 0.25) is 0 Å². The number of hydrogen-bond donors (Lipinski definition) is 3. The summed E-state index contributed by atoms with van der Waals surface area (Å²) in [5, 5.41) is 11.2. The molecule has 2 rings (SSSR count). The van der Waals surface area contributed by atoms with Gasteiger partial charge >= 0.3 is 0 Å². The van der Waals surface area contributed by atoms with E-state index in [4.69, 9.17) is 10.9 Å². The molecule has 0 atom stereocenters. The van der Waals surface area contributed by atoms with Crippen LogP contribution in [0.25, 0.3) is 0 Å². The highest BCUT2D eigenvalue weighted by atomic mass is 32.2. The second kappa shape index (κ2) is 5.55. The third-order valence-electron chi connectivity index (χ3n) is 2.47. The number of rotatable bonds is 5. The van der Waals surface area contributed by atoms with E-state index in [9.17, 15) is 8.42 Å². The van der Waals surface area contributed by atoms with Crippen LogP contribution in [0.4, 0.5) is 11.4 Å². The number of nitrogens with one attached hydrogen (secondary N) is 1. The molecule has 0 aliphatic heterocycles. The number of aromatic nitrogens is 1. The molecular formula is C11H14N4O2S2. The third kappa shape index (κ3) is 3.66. The van der Waals surface area contributed by atoms with E-state index in [1.807, 2.05) is 5.38 Å². The number of thiazole rings is 1. The highest BCUT2D eigenvalue weighted by Gasteiger charge is 2.12. The molecule has 0 radical (unpaired) electrons. The van der Waals surface area contributed by atoms with Crippen LogP contribution in [0.5, 0.6) is 0 Å². The predicted molar refractivity (Wildman–Crippen MR) is 76.5 cm³/mol. The van der Waals surface area contributed by atoms with E-state index >= 15 is 0 Å².